The molecular weight excluding hydrogens is 326 g/mol. The Hall–Kier alpha value is -3.07. The Morgan fingerprint density at radius 1 is 1.09 bits per heavy atom. The molecule has 116 valence electrons. The van der Waals surface area contributed by atoms with Crippen molar-refractivity contribution >= 4 is 34.0 Å². The molecule has 1 heterocycles. The third kappa shape index (κ3) is 2.69. The molecule has 0 saturated heterocycles. The molecule has 3 rings (SSSR count). The van der Waals surface area contributed by atoms with Crippen molar-refractivity contribution in [2.75, 3.05) is 0 Å². The van der Waals surface area contributed by atoms with Crippen LogP contribution >= 0.6 is 11.6 Å². The lowest BCUT2D eigenvalue weighted by Crippen LogP contribution is -2.06. The quantitative estimate of drug-likeness (QED) is 0.535. The van der Waals surface area contributed by atoms with Gasteiger partial charge in [-0.15, -0.1) is 5.10 Å². The fourth-order valence-electron chi connectivity index (χ4n) is 2.22. The Morgan fingerprint density at radius 3 is 2.48 bits per heavy atom. The van der Waals surface area contributed by atoms with Crippen molar-refractivity contribution in [3.8, 4) is 0 Å². The van der Waals surface area contributed by atoms with Gasteiger partial charge in [-0.1, -0.05) is 28.9 Å². The van der Waals surface area contributed by atoms with Crippen LogP contribution in [0.5, 0.6) is 0 Å². The van der Waals surface area contributed by atoms with Crippen LogP contribution in [0.3, 0.4) is 0 Å². The highest BCUT2D eigenvalue weighted by atomic mass is 35.5. The van der Waals surface area contributed by atoms with Crippen molar-refractivity contribution in [1.29, 1.82) is 0 Å². The van der Waals surface area contributed by atoms with E-state index in [-0.39, 0.29) is 22.8 Å². The van der Waals surface area contributed by atoms with Gasteiger partial charge >= 0.3 is 0 Å². The predicted molar refractivity (Wildman–Crippen MR) is 81.4 cm³/mol. The van der Waals surface area contributed by atoms with Crippen LogP contribution in [-0.2, 0) is 6.54 Å². The number of para-hydroxylation sites is 1. The molecule has 0 bridgehead atoms. The van der Waals surface area contributed by atoms with Gasteiger partial charge in [0.15, 0.2) is 0 Å². The van der Waals surface area contributed by atoms with E-state index in [0.717, 1.165) is 6.07 Å². The second kappa shape index (κ2) is 5.61. The van der Waals surface area contributed by atoms with E-state index in [2.05, 4.69) is 10.3 Å². The van der Waals surface area contributed by atoms with E-state index in [9.17, 15) is 20.2 Å². The molecule has 0 N–H and O–H groups in total. The van der Waals surface area contributed by atoms with E-state index in [4.69, 9.17) is 11.6 Å². The van der Waals surface area contributed by atoms with Gasteiger partial charge in [0.2, 0.25) is 0 Å². The number of rotatable bonds is 4. The second-order valence-corrected chi connectivity index (χ2v) is 5.09. The van der Waals surface area contributed by atoms with Crippen molar-refractivity contribution in [3.05, 3.63) is 67.2 Å². The minimum Gasteiger partial charge on any atom is -0.258 e. The number of benzene rings is 2. The molecular formula is C13H8ClN5O4. The van der Waals surface area contributed by atoms with Crippen LogP contribution in [0.4, 0.5) is 11.4 Å². The maximum atomic E-state index is 11.2. The van der Waals surface area contributed by atoms with Gasteiger partial charge in [0.05, 0.1) is 33.5 Å². The normalized spacial score (nSPS) is 10.8. The minimum absolute atomic E-state index is 0.0224. The first-order chi connectivity index (χ1) is 11.0. The van der Waals surface area contributed by atoms with Crippen LogP contribution in [0.15, 0.2) is 36.4 Å². The molecule has 0 saturated carbocycles. The zero-order valence-electron chi connectivity index (χ0n) is 11.4. The third-order valence-electron chi connectivity index (χ3n) is 3.28. The Balaban J connectivity index is 2.10. The van der Waals surface area contributed by atoms with Crippen LogP contribution in [0.2, 0.25) is 5.02 Å². The maximum Gasteiger partial charge on any atom is 0.294 e. The maximum absolute atomic E-state index is 11.2. The molecule has 0 aliphatic heterocycles. The Labute approximate surface area is 133 Å². The number of hydrogen-bond donors (Lipinski definition) is 0. The largest absolute Gasteiger partial charge is 0.294 e. The van der Waals surface area contributed by atoms with E-state index in [0.29, 0.717) is 11.0 Å². The highest BCUT2D eigenvalue weighted by Crippen LogP contribution is 2.33. The second-order valence-electron chi connectivity index (χ2n) is 4.68. The van der Waals surface area contributed by atoms with Gasteiger partial charge in [-0.05, 0) is 18.2 Å². The lowest BCUT2D eigenvalue weighted by Gasteiger charge is -2.05. The highest BCUT2D eigenvalue weighted by molar-refractivity contribution is 6.32. The molecule has 23 heavy (non-hydrogen) atoms. The summed E-state index contributed by atoms with van der Waals surface area (Å²) < 4.78 is 1.47. The summed E-state index contributed by atoms with van der Waals surface area (Å²) in [6, 6.07) is 9.20. The molecule has 0 amide bonds. The zero-order valence-corrected chi connectivity index (χ0v) is 12.2. The molecule has 0 unspecified atom stereocenters. The van der Waals surface area contributed by atoms with Gasteiger partial charge in [0.25, 0.3) is 11.4 Å². The van der Waals surface area contributed by atoms with E-state index in [1.807, 2.05) is 0 Å². The standard InChI is InChI=1S/C13H8ClN5O4/c14-9-5-8(12(18(20)21)6-13(9)19(22)23)7-17-11-4-2-1-3-10(11)15-16-17/h1-6H,7H2. The predicted octanol–water partition coefficient (Wildman–Crippen LogP) is 2.95. The van der Waals surface area contributed by atoms with E-state index < -0.39 is 15.5 Å². The number of nitrogens with zero attached hydrogens (tertiary/aromatic N) is 5. The SMILES string of the molecule is O=[N+]([O-])c1cc([N+](=O)[O-])c(Cn2nnc3ccccc32)cc1Cl. The molecule has 0 atom stereocenters. The molecule has 1 aromatic heterocycles. The third-order valence-corrected chi connectivity index (χ3v) is 3.58. The summed E-state index contributed by atoms with van der Waals surface area (Å²) in [6.07, 6.45) is 0. The van der Waals surface area contributed by atoms with Crippen LogP contribution in [0.25, 0.3) is 11.0 Å². The van der Waals surface area contributed by atoms with Crippen molar-refractivity contribution in [3.63, 3.8) is 0 Å². The lowest BCUT2D eigenvalue weighted by atomic mass is 10.1. The van der Waals surface area contributed by atoms with Crippen LogP contribution in [0, 0.1) is 20.2 Å². The molecule has 10 heteroatoms. The van der Waals surface area contributed by atoms with E-state index in [1.165, 1.54) is 10.7 Å². The van der Waals surface area contributed by atoms with Gasteiger partial charge < -0.3 is 0 Å². The van der Waals surface area contributed by atoms with Crippen molar-refractivity contribution in [1.82, 2.24) is 15.0 Å². The summed E-state index contributed by atoms with van der Waals surface area (Å²) in [4.78, 5) is 20.6. The van der Waals surface area contributed by atoms with Crippen LogP contribution < -0.4 is 0 Å². The number of nitro benzene ring substituents is 2. The lowest BCUT2D eigenvalue weighted by molar-refractivity contribution is -0.394. The monoisotopic (exact) mass is 333 g/mol. The molecule has 9 nitrogen and oxygen atoms in total. The molecule has 0 fully saturated rings. The molecule has 0 radical (unpaired) electrons. The molecule has 2 aromatic carbocycles. The minimum atomic E-state index is -0.760. The van der Waals surface area contributed by atoms with Gasteiger partial charge in [-0.3, -0.25) is 20.2 Å². The van der Waals surface area contributed by atoms with Gasteiger partial charge in [-0.25, -0.2) is 4.68 Å². The Kier molecular flexibility index (Phi) is 3.62. The smallest absolute Gasteiger partial charge is 0.258 e. The van der Waals surface area contributed by atoms with Crippen molar-refractivity contribution in [2.45, 2.75) is 6.54 Å². The van der Waals surface area contributed by atoms with Gasteiger partial charge in [0, 0.05) is 0 Å². The average molecular weight is 334 g/mol. The first-order valence-electron chi connectivity index (χ1n) is 6.37. The fourth-order valence-corrected chi connectivity index (χ4v) is 2.48. The summed E-state index contributed by atoms with van der Waals surface area (Å²) >= 11 is 5.85. The van der Waals surface area contributed by atoms with Gasteiger partial charge in [0.1, 0.15) is 10.5 Å². The molecule has 0 spiro atoms. The van der Waals surface area contributed by atoms with Crippen LogP contribution in [0.1, 0.15) is 5.56 Å². The highest BCUT2D eigenvalue weighted by Gasteiger charge is 2.24. The number of aromatic nitrogens is 3. The Bertz CT molecular complexity index is 939. The molecule has 0 aliphatic carbocycles. The molecule has 0 aliphatic rings. The summed E-state index contributed by atoms with van der Waals surface area (Å²) in [7, 11) is 0. The number of nitro groups is 2. The number of fused-ring (bicyclic) bond motifs is 1. The fraction of sp³-hybridized carbons (Fsp3) is 0.0769. The van der Waals surface area contributed by atoms with Crippen LogP contribution in [-0.4, -0.2) is 24.8 Å². The number of halogens is 1. The van der Waals surface area contributed by atoms with E-state index in [1.54, 1.807) is 24.3 Å². The van der Waals surface area contributed by atoms with E-state index >= 15 is 0 Å². The summed E-state index contributed by atoms with van der Waals surface area (Å²) in [5, 5.41) is 29.8. The zero-order chi connectivity index (χ0) is 16.6. The van der Waals surface area contributed by atoms with Gasteiger partial charge in [-0.2, -0.15) is 0 Å². The van der Waals surface area contributed by atoms with Crippen molar-refractivity contribution in [2.24, 2.45) is 0 Å². The summed E-state index contributed by atoms with van der Waals surface area (Å²) in [6.45, 7) is 0.0224. The summed E-state index contributed by atoms with van der Waals surface area (Å²) in [5.41, 5.74) is 0.645. The van der Waals surface area contributed by atoms with Crippen molar-refractivity contribution < 1.29 is 9.85 Å². The number of hydrogen-bond acceptors (Lipinski definition) is 6. The topological polar surface area (TPSA) is 117 Å². The first kappa shape index (κ1) is 14.9. The first-order valence-corrected chi connectivity index (χ1v) is 6.74. The molecule has 3 aromatic rings. The summed E-state index contributed by atoms with van der Waals surface area (Å²) in [5.74, 6) is 0. The average Bonchev–Trinajstić information content (AvgIpc) is 2.90. The Morgan fingerprint density at radius 2 is 1.78 bits per heavy atom.